The first-order chi connectivity index (χ1) is 15.2. The Morgan fingerprint density at radius 2 is 2.23 bits per heavy atom. The predicted octanol–water partition coefficient (Wildman–Crippen LogP) is 3.61. The zero-order valence-electron chi connectivity index (χ0n) is 18.1. The van der Waals surface area contributed by atoms with E-state index in [1.807, 2.05) is 7.05 Å². The Hall–Kier alpha value is -2.60. The van der Waals surface area contributed by atoms with Crippen LogP contribution in [0.15, 0.2) is 30.3 Å². The fourth-order valence-electron chi connectivity index (χ4n) is 5.77. The highest BCUT2D eigenvalue weighted by Gasteiger charge is 2.42. The summed E-state index contributed by atoms with van der Waals surface area (Å²) >= 11 is 0. The molecule has 3 aliphatic heterocycles. The van der Waals surface area contributed by atoms with E-state index in [-0.39, 0.29) is 5.82 Å². The van der Waals surface area contributed by atoms with Crippen LogP contribution in [0.4, 0.5) is 15.8 Å². The number of nitrogens with zero attached hydrogens (tertiary/aromatic N) is 2. The van der Waals surface area contributed by atoms with Gasteiger partial charge in [0.15, 0.2) is 0 Å². The minimum Gasteiger partial charge on any atom is -0.493 e. The summed E-state index contributed by atoms with van der Waals surface area (Å²) in [4.78, 5) is 16.2. The second-order valence-corrected chi connectivity index (χ2v) is 8.83. The maximum atomic E-state index is 14.0. The molecule has 0 spiro atoms. The summed E-state index contributed by atoms with van der Waals surface area (Å²) < 4.78 is 19.7. The smallest absolute Gasteiger partial charge is 0.139 e. The molecular formula is C25H30FN3O2. The normalized spacial score (nSPS) is 21.9. The first kappa shape index (κ1) is 20.3. The van der Waals surface area contributed by atoms with Crippen molar-refractivity contribution in [2.75, 3.05) is 50.1 Å². The molecule has 0 bridgehead atoms. The van der Waals surface area contributed by atoms with E-state index in [1.54, 1.807) is 12.1 Å². The van der Waals surface area contributed by atoms with Gasteiger partial charge in [-0.25, -0.2) is 4.39 Å². The van der Waals surface area contributed by atoms with Crippen molar-refractivity contribution >= 4 is 17.7 Å². The van der Waals surface area contributed by atoms with Crippen LogP contribution in [-0.4, -0.2) is 57.1 Å². The Kier molecular flexibility index (Phi) is 5.57. The zero-order valence-corrected chi connectivity index (χ0v) is 18.1. The molecule has 2 aromatic rings. The topological polar surface area (TPSA) is 44.8 Å². The highest BCUT2D eigenvalue weighted by Crippen LogP contribution is 2.47. The number of nitrogens with one attached hydrogen (secondary N) is 1. The van der Waals surface area contributed by atoms with Crippen LogP contribution in [0.25, 0.3) is 0 Å². The van der Waals surface area contributed by atoms with Gasteiger partial charge in [0.05, 0.1) is 24.5 Å². The number of benzene rings is 2. The molecule has 1 fully saturated rings. The van der Waals surface area contributed by atoms with Crippen molar-refractivity contribution in [1.29, 1.82) is 0 Å². The predicted molar refractivity (Wildman–Crippen MR) is 121 cm³/mol. The molecule has 1 N–H and O–H groups in total. The third kappa shape index (κ3) is 3.67. The molecule has 0 saturated carbocycles. The van der Waals surface area contributed by atoms with E-state index in [1.165, 1.54) is 11.3 Å². The summed E-state index contributed by atoms with van der Waals surface area (Å²) in [6.45, 7) is 4.11. The molecule has 0 aromatic heterocycles. The summed E-state index contributed by atoms with van der Waals surface area (Å²) in [6.07, 6.45) is 4.69. The average molecular weight is 424 g/mol. The van der Waals surface area contributed by atoms with E-state index in [2.05, 4.69) is 33.3 Å². The Morgan fingerprint density at radius 3 is 3.06 bits per heavy atom. The van der Waals surface area contributed by atoms with Crippen LogP contribution in [0.5, 0.6) is 5.75 Å². The van der Waals surface area contributed by atoms with Gasteiger partial charge in [0, 0.05) is 44.1 Å². The number of hydrogen-bond donors (Lipinski definition) is 1. The minimum absolute atomic E-state index is 0.154. The van der Waals surface area contributed by atoms with Crippen molar-refractivity contribution < 1.29 is 13.9 Å². The van der Waals surface area contributed by atoms with Crippen molar-refractivity contribution in [3.63, 3.8) is 0 Å². The number of likely N-dealkylation sites (tertiary alicyclic amines) is 1. The molecule has 164 valence electrons. The molecule has 3 heterocycles. The summed E-state index contributed by atoms with van der Waals surface area (Å²) in [6, 6.07) is 10.0. The fraction of sp³-hybridized carbons (Fsp3) is 0.480. The first-order valence-corrected chi connectivity index (χ1v) is 11.4. The Labute approximate surface area is 183 Å². The molecule has 2 aromatic carbocycles. The van der Waals surface area contributed by atoms with Crippen LogP contribution in [0.2, 0.25) is 0 Å². The SMILES string of the molecule is CNc1cccc2c1N(CC=O)C1CCN(CCCc3cc(F)cc4c3OCC4)CC21. The number of carbonyl (C=O) groups excluding carboxylic acids is 1. The highest BCUT2D eigenvalue weighted by molar-refractivity contribution is 5.80. The minimum atomic E-state index is -0.154. The first-order valence-electron chi connectivity index (χ1n) is 11.4. The Balaban J connectivity index is 1.27. The van der Waals surface area contributed by atoms with E-state index in [9.17, 15) is 9.18 Å². The van der Waals surface area contributed by atoms with Gasteiger partial charge in [-0.2, -0.15) is 0 Å². The molecule has 2 unspecified atom stereocenters. The fourth-order valence-corrected chi connectivity index (χ4v) is 5.77. The van der Waals surface area contributed by atoms with Crippen LogP contribution in [0.3, 0.4) is 0 Å². The number of aryl methyl sites for hydroxylation is 1. The van der Waals surface area contributed by atoms with Crippen LogP contribution >= 0.6 is 0 Å². The molecule has 5 rings (SSSR count). The third-order valence-corrected chi connectivity index (χ3v) is 7.10. The summed E-state index contributed by atoms with van der Waals surface area (Å²) in [5.41, 5.74) is 5.65. The van der Waals surface area contributed by atoms with E-state index < -0.39 is 0 Å². The molecule has 2 atom stereocenters. The van der Waals surface area contributed by atoms with Gasteiger partial charge in [-0.05, 0) is 55.1 Å². The number of para-hydroxylation sites is 1. The van der Waals surface area contributed by atoms with Crippen molar-refractivity contribution in [1.82, 2.24) is 4.90 Å². The van der Waals surface area contributed by atoms with Gasteiger partial charge in [0.25, 0.3) is 0 Å². The van der Waals surface area contributed by atoms with Crippen molar-refractivity contribution in [3.8, 4) is 5.75 Å². The molecule has 31 heavy (non-hydrogen) atoms. The second kappa shape index (κ2) is 8.50. The quantitative estimate of drug-likeness (QED) is 0.690. The lowest BCUT2D eigenvalue weighted by atomic mass is 9.88. The molecule has 6 heteroatoms. The van der Waals surface area contributed by atoms with Crippen LogP contribution in [0, 0.1) is 5.82 Å². The van der Waals surface area contributed by atoms with Gasteiger partial charge in [-0.1, -0.05) is 12.1 Å². The van der Waals surface area contributed by atoms with E-state index in [4.69, 9.17) is 4.74 Å². The lowest BCUT2D eigenvalue weighted by Gasteiger charge is -2.38. The molecule has 0 amide bonds. The van der Waals surface area contributed by atoms with E-state index >= 15 is 0 Å². The summed E-state index contributed by atoms with van der Waals surface area (Å²) in [7, 11) is 1.94. The molecule has 0 radical (unpaired) electrons. The standard InChI is InChI=1S/C25H30FN3O2/c1-27-22-6-2-5-20-21-16-28(10-7-23(21)29(11-12-30)24(20)22)9-3-4-17-14-19(26)15-18-8-13-31-25(17)18/h2,5-6,12,14-15,21,23,27H,3-4,7-11,13,16H2,1H3. The Bertz CT molecular complexity index is 979. The number of halogens is 1. The number of aldehydes is 1. The second-order valence-electron chi connectivity index (χ2n) is 8.83. The lowest BCUT2D eigenvalue weighted by Crippen LogP contribution is -2.47. The van der Waals surface area contributed by atoms with Crippen molar-refractivity contribution in [3.05, 3.63) is 52.8 Å². The molecule has 3 aliphatic rings. The highest BCUT2D eigenvalue weighted by atomic mass is 19.1. The van der Waals surface area contributed by atoms with E-state index in [0.717, 1.165) is 74.2 Å². The monoisotopic (exact) mass is 423 g/mol. The molecular weight excluding hydrogens is 393 g/mol. The number of rotatable bonds is 7. The molecule has 0 aliphatic carbocycles. The van der Waals surface area contributed by atoms with E-state index in [0.29, 0.717) is 25.1 Å². The molecule has 5 nitrogen and oxygen atoms in total. The third-order valence-electron chi connectivity index (χ3n) is 7.10. The van der Waals surface area contributed by atoms with Crippen molar-refractivity contribution in [2.24, 2.45) is 0 Å². The Morgan fingerprint density at radius 1 is 1.32 bits per heavy atom. The average Bonchev–Trinajstić information content (AvgIpc) is 3.37. The van der Waals surface area contributed by atoms with Gasteiger partial charge < -0.3 is 24.6 Å². The number of hydrogen-bond acceptors (Lipinski definition) is 5. The maximum Gasteiger partial charge on any atom is 0.139 e. The van der Waals surface area contributed by atoms with Gasteiger partial charge in [0.2, 0.25) is 0 Å². The largest absolute Gasteiger partial charge is 0.493 e. The van der Waals surface area contributed by atoms with Crippen LogP contribution in [-0.2, 0) is 17.6 Å². The van der Waals surface area contributed by atoms with Gasteiger partial charge in [0.1, 0.15) is 17.9 Å². The summed E-state index contributed by atoms with van der Waals surface area (Å²) in [5, 5.41) is 3.30. The van der Waals surface area contributed by atoms with Crippen molar-refractivity contribution in [2.45, 2.75) is 37.6 Å². The lowest BCUT2D eigenvalue weighted by molar-refractivity contribution is -0.106. The maximum absolute atomic E-state index is 14.0. The number of anilines is 2. The van der Waals surface area contributed by atoms with Crippen LogP contribution in [0.1, 0.15) is 35.4 Å². The number of carbonyl (C=O) groups is 1. The zero-order chi connectivity index (χ0) is 21.4. The van der Waals surface area contributed by atoms with Gasteiger partial charge in [-0.3, -0.25) is 0 Å². The summed E-state index contributed by atoms with van der Waals surface area (Å²) in [5.74, 6) is 1.17. The van der Waals surface area contributed by atoms with Crippen LogP contribution < -0.4 is 15.0 Å². The number of ether oxygens (including phenoxy) is 1. The van der Waals surface area contributed by atoms with Gasteiger partial charge in [-0.15, -0.1) is 0 Å². The van der Waals surface area contributed by atoms with Gasteiger partial charge >= 0.3 is 0 Å². The number of piperidine rings is 1. The molecule has 1 saturated heterocycles. The number of fused-ring (bicyclic) bond motifs is 4.